The van der Waals surface area contributed by atoms with Gasteiger partial charge in [-0.3, -0.25) is 4.79 Å². The average molecular weight is 298 g/mol. The molecule has 2 aromatic rings. The fourth-order valence-corrected chi connectivity index (χ4v) is 1.56. The summed E-state index contributed by atoms with van der Waals surface area (Å²) in [5.41, 5.74) is 6.65. The third-order valence-electron chi connectivity index (χ3n) is 2.13. The molecule has 0 bridgehead atoms. The number of hydrogen-bond acceptors (Lipinski definition) is 2. The van der Waals surface area contributed by atoms with E-state index in [1.807, 2.05) is 0 Å². The highest BCUT2D eigenvalue weighted by molar-refractivity contribution is 9.10. The minimum atomic E-state index is -0.436. The maximum absolute atomic E-state index is 13.2. The van der Waals surface area contributed by atoms with Gasteiger partial charge >= 0.3 is 0 Å². The van der Waals surface area contributed by atoms with Crippen LogP contribution in [0.5, 0.6) is 0 Å². The molecule has 0 atom stereocenters. The minimum Gasteiger partial charge on any atom is -0.397 e. The van der Waals surface area contributed by atoms with Crippen LogP contribution in [0.3, 0.4) is 0 Å². The van der Waals surface area contributed by atoms with Gasteiger partial charge in [0, 0.05) is 17.6 Å². The van der Waals surface area contributed by atoms with E-state index >= 15 is 0 Å². The zero-order chi connectivity index (χ0) is 12.4. The van der Waals surface area contributed by atoms with Crippen LogP contribution in [0.15, 0.2) is 34.9 Å². The molecule has 0 unspecified atom stereocenters. The van der Waals surface area contributed by atoms with Gasteiger partial charge in [-0.25, -0.2) is 4.39 Å². The third kappa shape index (κ3) is 2.65. The van der Waals surface area contributed by atoms with Crippen LogP contribution in [0.1, 0.15) is 10.5 Å². The van der Waals surface area contributed by atoms with Crippen molar-refractivity contribution in [2.24, 2.45) is 0 Å². The molecular formula is C11H9BrFN3O. The second-order valence-electron chi connectivity index (χ2n) is 3.43. The number of carbonyl (C=O) groups excluding carboxylic acids is 1. The van der Waals surface area contributed by atoms with E-state index in [0.29, 0.717) is 21.5 Å². The molecule has 6 heteroatoms. The molecule has 0 spiro atoms. The second kappa shape index (κ2) is 4.58. The molecule has 88 valence electrons. The van der Waals surface area contributed by atoms with Crippen molar-refractivity contribution in [1.82, 2.24) is 4.98 Å². The fourth-order valence-electron chi connectivity index (χ4n) is 1.31. The number of H-pyrrole nitrogens is 1. The molecule has 1 amide bonds. The van der Waals surface area contributed by atoms with Gasteiger partial charge in [0.15, 0.2) is 0 Å². The van der Waals surface area contributed by atoms with Crippen LogP contribution >= 0.6 is 15.9 Å². The fraction of sp³-hybridized carbons (Fsp3) is 0. The molecule has 0 radical (unpaired) electrons. The standard InChI is InChI=1S/C11H9BrFN3O/c12-8-2-1-7(4-9(8)13)16-11(17)10-3-6(14)5-15-10/h1-5,15H,14H2,(H,16,17). The van der Waals surface area contributed by atoms with Gasteiger partial charge in [-0.1, -0.05) is 0 Å². The third-order valence-corrected chi connectivity index (χ3v) is 2.77. The first-order chi connectivity index (χ1) is 8.06. The van der Waals surface area contributed by atoms with E-state index < -0.39 is 5.82 Å². The number of nitrogens with one attached hydrogen (secondary N) is 2. The summed E-state index contributed by atoms with van der Waals surface area (Å²) in [6.07, 6.45) is 1.51. The molecule has 2 rings (SSSR count). The Morgan fingerprint density at radius 1 is 1.41 bits per heavy atom. The average Bonchev–Trinajstić information content (AvgIpc) is 2.70. The molecule has 1 aromatic carbocycles. The predicted octanol–water partition coefficient (Wildman–Crippen LogP) is 2.75. The van der Waals surface area contributed by atoms with Gasteiger partial charge < -0.3 is 16.0 Å². The number of carbonyl (C=O) groups is 1. The number of anilines is 2. The number of halogens is 2. The first kappa shape index (κ1) is 11.7. The Morgan fingerprint density at radius 2 is 2.18 bits per heavy atom. The summed E-state index contributed by atoms with van der Waals surface area (Å²) < 4.78 is 13.6. The first-order valence-corrected chi connectivity index (χ1v) is 5.56. The Bertz CT molecular complexity index is 568. The lowest BCUT2D eigenvalue weighted by Gasteiger charge is -2.04. The van der Waals surface area contributed by atoms with Crippen molar-refractivity contribution in [3.05, 3.63) is 46.4 Å². The molecule has 17 heavy (non-hydrogen) atoms. The number of nitrogens with two attached hydrogens (primary N) is 1. The van der Waals surface area contributed by atoms with Crippen molar-refractivity contribution in [2.45, 2.75) is 0 Å². The summed E-state index contributed by atoms with van der Waals surface area (Å²) in [7, 11) is 0. The van der Waals surface area contributed by atoms with Crippen molar-refractivity contribution in [1.29, 1.82) is 0 Å². The van der Waals surface area contributed by atoms with Gasteiger partial charge in [-0.2, -0.15) is 0 Å². The molecule has 4 N–H and O–H groups in total. The van der Waals surface area contributed by atoms with Gasteiger partial charge in [0.05, 0.1) is 4.47 Å². The van der Waals surface area contributed by atoms with E-state index in [0.717, 1.165) is 0 Å². The van der Waals surface area contributed by atoms with E-state index in [4.69, 9.17) is 5.73 Å². The quantitative estimate of drug-likeness (QED) is 0.797. The van der Waals surface area contributed by atoms with Crippen LogP contribution in [0.4, 0.5) is 15.8 Å². The van der Waals surface area contributed by atoms with Crippen molar-refractivity contribution in [2.75, 3.05) is 11.1 Å². The zero-order valence-corrected chi connectivity index (χ0v) is 10.2. The van der Waals surface area contributed by atoms with Crippen molar-refractivity contribution < 1.29 is 9.18 Å². The number of aromatic amines is 1. The number of hydrogen-bond donors (Lipinski definition) is 3. The number of benzene rings is 1. The summed E-state index contributed by atoms with van der Waals surface area (Å²) >= 11 is 3.03. The van der Waals surface area contributed by atoms with E-state index in [1.54, 1.807) is 6.07 Å². The zero-order valence-electron chi connectivity index (χ0n) is 8.63. The molecule has 0 aliphatic carbocycles. The Labute approximate surface area is 105 Å². The maximum Gasteiger partial charge on any atom is 0.272 e. The first-order valence-electron chi connectivity index (χ1n) is 4.76. The van der Waals surface area contributed by atoms with Crippen LogP contribution in [-0.4, -0.2) is 10.9 Å². The molecule has 1 heterocycles. The Kier molecular flexibility index (Phi) is 3.14. The molecule has 0 aliphatic heterocycles. The lowest BCUT2D eigenvalue weighted by atomic mass is 10.3. The highest BCUT2D eigenvalue weighted by Crippen LogP contribution is 2.19. The van der Waals surface area contributed by atoms with Crippen molar-refractivity contribution in [3.8, 4) is 0 Å². The molecule has 0 fully saturated rings. The van der Waals surface area contributed by atoms with Crippen molar-refractivity contribution in [3.63, 3.8) is 0 Å². The van der Waals surface area contributed by atoms with Gasteiger partial charge in [-0.05, 0) is 40.2 Å². The van der Waals surface area contributed by atoms with Crippen LogP contribution in [0.2, 0.25) is 0 Å². The summed E-state index contributed by atoms with van der Waals surface area (Å²) in [6, 6.07) is 5.85. The highest BCUT2D eigenvalue weighted by atomic mass is 79.9. The topological polar surface area (TPSA) is 70.9 Å². The van der Waals surface area contributed by atoms with Gasteiger partial charge in [-0.15, -0.1) is 0 Å². The molecule has 0 saturated heterocycles. The predicted molar refractivity (Wildman–Crippen MR) is 67.3 cm³/mol. The monoisotopic (exact) mass is 297 g/mol. The summed E-state index contributed by atoms with van der Waals surface area (Å²) in [5.74, 6) is -0.808. The van der Waals surface area contributed by atoms with Crippen LogP contribution < -0.4 is 11.1 Å². The molecule has 1 aromatic heterocycles. The lowest BCUT2D eigenvalue weighted by molar-refractivity contribution is 0.102. The van der Waals surface area contributed by atoms with E-state index in [-0.39, 0.29) is 5.91 Å². The number of rotatable bonds is 2. The molecule has 0 saturated carbocycles. The minimum absolute atomic E-state index is 0.325. The largest absolute Gasteiger partial charge is 0.397 e. The van der Waals surface area contributed by atoms with Crippen LogP contribution in [0.25, 0.3) is 0 Å². The smallest absolute Gasteiger partial charge is 0.272 e. The molecular weight excluding hydrogens is 289 g/mol. The highest BCUT2D eigenvalue weighted by Gasteiger charge is 2.09. The lowest BCUT2D eigenvalue weighted by Crippen LogP contribution is -2.12. The molecule has 4 nitrogen and oxygen atoms in total. The van der Waals surface area contributed by atoms with E-state index in [9.17, 15) is 9.18 Å². The SMILES string of the molecule is Nc1c[nH]c(C(=O)Nc2ccc(Br)c(F)c2)c1. The van der Waals surface area contributed by atoms with Crippen LogP contribution in [-0.2, 0) is 0 Å². The van der Waals surface area contributed by atoms with Crippen molar-refractivity contribution >= 4 is 33.2 Å². The van der Waals surface area contributed by atoms with E-state index in [1.165, 1.54) is 24.4 Å². The number of nitrogen functional groups attached to an aromatic ring is 1. The van der Waals surface area contributed by atoms with Crippen LogP contribution in [0, 0.1) is 5.82 Å². The summed E-state index contributed by atoms with van der Waals surface area (Å²) in [4.78, 5) is 14.4. The Hall–Kier alpha value is -1.82. The number of aromatic nitrogens is 1. The summed E-state index contributed by atoms with van der Waals surface area (Å²) in [6.45, 7) is 0. The maximum atomic E-state index is 13.2. The van der Waals surface area contributed by atoms with Gasteiger partial charge in [0.1, 0.15) is 11.5 Å². The molecule has 0 aliphatic rings. The van der Waals surface area contributed by atoms with Gasteiger partial charge in [0.2, 0.25) is 0 Å². The second-order valence-corrected chi connectivity index (χ2v) is 4.28. The Balaban J connectivity index is 2.15. The Morgan fingerprint density at radius 3 is 2.76 bits per heavy atom. The van der Waals surface area contributed by atoms with Gasteiger partial charge in [0.25, 0.3) is 5.91 Å². The summed E-state index contributed by atoms with van der Waals surface area (Å²) in [5, 5.41) is 2.55. The number of amides is 1. The van der Waals surface area contributed by atoms with E-state index in [2.05, 4.69) is 26.2 Å². The normalized spacial score (nSPS) is 10.2.